The molecule has 0 bridgehead atoms. The Balaban J connectivity index is 1.56. The maximum absolute atomic E-state index is 6.14. The zero-order valence-electron chi connectivity index (χ0n) is 19.8. The van der Waals surface area contributed by atoms with Crippen LogP contribution in [0.25, 0.3) is 0 Å². The summed E-state index contributed by atoms with van der Waals surface area (Å²) >= 11 is 0. The smallest absolute Gasteiger partial charge is 0.191 e. The maximum atomic E-state index is 6.14. The van der Waals surface area contributed by atoms with E-state index in [-0.39, 0.29) is 6.04 Å². The van der Waals surface area contributed by atoms with E-state index in [1.54, 1.807) is 14.2 Å². The van der Waals surface area contributed by atoms with Crippen molar-refractivity contribution >= 4 is 5.96 Å². The van der Waals surface area contributed by atoms with Crippen molar-refractivity contribution in [2.75, 3.05) is 14.2 Å². The molecule has 1 aromatic heterocycles. The number of benzene rings is 1. The number of aromatic nitrogens is 2. The van der Waals surface area contributed by atoms with Gasteiger partial charge >= 0.3 is 0 Å². The summed E-state index contributed by atoms with van der Waals surface area (Å²) in [5.74, 6) is 2.39. The van der Waals surface area contributed by atoms with Crippen LogP contribution in [0.1, 0.15) is 55.1 Å². The van der Waals surface area contributed by atoms with Gasteiger partial charge < -0.3 is 20.1 Å². The van der Waals surface area contributed by atoms with E-state index in [1.165, 1.54) is 24.1 Å². The van der Waals surface area contributed by atoms with Crippen LogP contribution in [-0.2, 0) is 20.0 Å². The molecule has 0 aliphatic heterocycles. The van der Waals surface area contributed by atoms with Crippen LogP contribution < -0.4 is 20.1 Å². The molecule has 0 amide bonds. The lowest BCUT2D eigenvalue weighted by molar-refractivity contribution is 0.200. The van der Waals surface area contributed by atoms with Crippen molar-refractivity contribution in [2.24, 2.45) is 12.0 Å². The fraction of sp³-hybridized carbons (Fsp3) is 0.583. The number of nitrogens with one attached hydrogen (secondary N) is 2. The van der Waals surface area contributed by atoms with E-state index < -0.39 is 0 Å². The molecule has 3 rings (SSSR count). The predicted octanol–water partition coefficient (Wildman–Crippen LogP) is 3.66. The largest absolute Gasteiger partial charge is 0.493 e. The van der Waals surface area contributed by atoms with Crippen LogP contribution >= 0.6 is 0 Å². The third kappa shape index (κ3) is 5.93. The van der Waals surface area contributed by atoms with E-state index in [0.29, 0.717) is 12.6 Å². The number of rotatable bonds is 8. The highest BCUT2D eigenvalue weighted by atomic mass is 16.5. The monoisotopic (exact) mass is 427 g/mol. The lowest BCUT2D eigenvalue weighted by Gasteiger charge is -2.19. The third-order valence-electron chi connectivity index (χ3n) is 6.06. The molecule has 1 aromatic carbocycles. The van der Waals surface area contributed by atoms with Gasteiger partial charge in [-0.2, -0.15) is 5.10 Å². The Kier molecular flexibility index (Phi) is 7.82. The predicted molar refractivity (Wildman–Crippen MR) is 125 cm³/mol. The lowest BCUT2D eigenvalue weighted by Crippen LogP contribution is -2.42. The molecule has 7 nitrogen and oxygen atoms in total. The quantitative estimate of drug-likeness (QED) is 0.497. The molecule has 170 valence electrons. The molecule has 1 heterocycles. The fourth-order valence-electron chi connectivity index (χ4n) is 4.19. The van der Waals surface area contributed by atoms with E-state index in [9.17, 15) is 0 Å². The van der Waals surface area contributed by atoms with Crippen molar-refractivity contribution in [2.45, 2.75) is 71.6 Å². The Hall–Kier alpha value is -2.70. The minimum Gasteiger partial charge on any atom is -0.493 e. The number of aryl methyl sites for hydroxylation is 2. The van der Waals surface area contributed by atoms with Crippen LogP contribution in [0.15, 0.2) is 23.2 Å². The van der Waals surface area contributed by atoms with E-state index in [0.717, 1.165) is 48.0 Å². The first kappa shape index (κ1) is 23.0. The highest BCUT2D eigenvalue weighted by Crippen LogP contribution is 2.32. The van der Waals surface area contributed by atoms with Crippen LogP contribution in [-0.4, -0.2) is 42.0 Å². The number of hydrogen-bond acceptors (Lipinski definition) is 4. The zero-order chi connectivity index (χ0) is 22.4. The minimum absolute atomic E-state index is 0.226. The van der Waals surface area contributed by atoms with Gasteiger partial charge in [0.05, 0.1) is 18.9 Å². The van der Waals surface area contributed by atoms with Crippen LogP contribution in [0, 0.1) is 13.8 Å². The Bertz CT molecular complexity index is 900. The van der Waals surface area contributed by atoms with Gasteiger partial charge in [0.2, 0.25) is 0 Å². The van der Waals surface area contributed by atoms with Crippen molar-refractivity contribution in [1.82, 2.24) is 20.4 Å². The Morgan fingerprint density at radius 1 is 1.26 bits per heavy atom. The van der Waals surface area contributed by atoms with Crippen molar-refractivity contribution in [3.8, 4) is 11.5 Å². The van der Waals surface area contributed by atoms with Crippen LogP contribution in [0.4, 0.5) is 0 Å². The normalized spacial score (nSPS) is 15.7. The summed E-state index contributed by atoms with van der Waals surface area (Å²) in [6.07, 6.45) is 5.97. The Morgan fingerprint density at radius 2 is 2.00 bits per heavy atom. The number of ether oxygens (including phenoxy) is 2. The summed E-state index contributed by atoms with van der Waals surface area (Å²) in [7, 11) is 5.48. The average molecular weight is 428 g/mol. The molecule has 1 saturated carbocycles. The minimum atomic E-state index is 0.226. The standard InChI is InChI=1S/C24H37N5O2/c1-16(13-21-17(2)28-29(5)18(21)3)27-24(25-4)26-15-19-11-12-22(23(14-19)30-6)31-20-9-7-8-10-20/h11-12,14,16,20H,7-10,13,15H2,1-6H3,(H2,25,26,27). The van der Waals surface area contributed by atoms with Crippen molar-refractivity contribution in [3.63, 3.8) is 0 Å². The Morgan fingerprint density at radius 3 is 2.61 bits per heavy atom. The molecule has 7 heteroatoms. The first-order chi connectivity index (χ1) is 14.9. The van der Waals surface area contributed by atoms with Gasteiger partial charge in [-0.1, -0.05) is 6.07 Å². The number of guanidine groups is 1. The molecule has 0 saturated heterocycles. The molecule has 2 aromatic rings. The molecule has 31 heavy (non-hydrogen) atoms. The zero-order valence-corrected chi connectivity index (χ0v) is 19.8. The first-order valence-corrected chi connectivity index (χ1v) is 11.2. The second kappa shape index (κ2) is 10.6. The third-order valence-corrected chi connectivity index (χ3v) is 6.06. The van der Waals surface area contributed by atoms with E-state index in [4.69, 9.17) is 9.47 Å². The van der Waals surface area contributed by atoms with E-state index in [2.05, 4.69) is 47.6 Å². The molecule has 1 unspecified atom stereocenters. The van der Waals surface area contributed by atoms with Gasteiger partial charge in [0.15, 0.2) is 17.5 Å². The summed E-state index contributed by atoms with van der Waals surface area (Å²) in [4.78, 5) is 4.38. The van der Waals surface area contributed by atoms with Gasteiger partial charge in [0.1, 0.15) is 0 Å². The fourth-order valence-corrected chi connectivity index (χ4v) is 4.19. The SMILES string of the molecule is CN=C(NCc1ccc(OC2CCCC2)c(OC)c1)NC(C)Cc1c(C)nn(C)c1C. The molecule has 1 aliphatic rings. The van der Waals surface area contributed by atoms with E-state index in [1.807, 2.05) is 23.9 Å². The number of hydrogen-bond donors (Lipinski definition) is 2. The molecule has 1 aliphatic carbocycles. The molecule has 2 N–H and O–H groups in total. The molecule has 0 radical (unpaired) electrons. The van der Waals surface area contributed by atoms with Crippen LogP contribution in [0.5, 0.6) is 11.5 Å². The van der Waals surface area contributed by atoms with Gasteiger partial charge in [-0.3, -0.25) is 9.67 Å². The number of nitrogens with zero attached hydrogens (tertiary/aromatic N) is 3. The second-order valence-corrected chi connectivity index (χ2v) is 8.46. The summed E-state index contributed by atoms with van der Waals surface area (Å²) in [6.45, 7) is 6.99. The average Bonchev–Trinajstić information content (AvgIpc) is 3.35. The second-order valence-electron chi connectivity index (χ2n) is 8.46. The molecule has 1 fully saturated rings. The first-order valence-electron chi connectivity index (χ1n) is 11.2. The number of aliphatic imine (C=N–C) groups is 1. The summed E-state index contributed by atoms with van der Waals surface area (Å²) < 4.78 is 13.7. The van der Waals surface area contributed by atoms with Crippen molar-refractivity contribution in [3.05, 3.63) is 40.7 Å². The molecular formula is C24H37N5O2. The highest BCUT2D eigenvalue weighted by molar-refractivity contribution is 5.80. The molecule has 0 spiro atoms. The Labute approximate surface area is 186 Å². The molecule has 1 atom stereocenters. The van der Waals surface area contributed by atoms with Crippen LogP contribution in [0.3, 0.4) is 0 Å². The summed E-state index contributed by atoms with van der Waals surface area (Å²) in [5, 5.41) is 11.4. The van der Waals surface area contributed by atoms with Gasteiger partial charge in [0, 0.05) is 32.4 Å². The van der Waals surface area contributed by atoms with Gasteiger partial charge in [-0.05, 0) is 76.1 Å². The van der Waals surface area contributed by atoms with Crippen molar-refractivity contribution < 1.29 is 9.47 Å². The summed E-state index contributed by atoms with van der Waals surface area (Å²) in [6, 6.07) is 6.36. The van der Waals surface area contributed by atoms with E-state index >= 15 is 0 Å². The highest BCUT2D eigenvalue weighted by Gasteiger charge is 2.19. The van der Waals surface area contributed by atoms with Crippen molar-refractivity contribution in [1.29, 1.82) is 0 Å². The topological polar surface area (TPSA) is 72.7 Å². The van der Waals surface area contributed by atoms with Crippen LogP contribution in [0.2, 0.25) is 0 Å². The lowest BCUT2D eigenvalue weighted by atomic mass is 10.1. The maximum Gasteiger partial charge on any atom is 0.191 e. The van der Waals surface area contributed by atoms with Gasteiger partial charge in [0.25, 0.3) is 0 Å². The molecular weight excluding hydrogens is 390 g/mol. The number of methoxy groups -OCH3 is 1. The van der Waals surface area contributed by atoms with Gasteiger partial charge in [-0.15, -0.1) is 0 Å². The summed E-state index contributed by atoms with van der Waals surface area (Å²) in [5.41, 5.74) is 4.70. The van der Waals surface area contributed by atoms with Gasteiger partial charge in [-0.25, -0.2) is 0 Å².